The summed E-state index contributed by atoms with van der Waals surface area (Å²) in [5.41, 5.74) is 4.39. The van der Waals surface area contributed by atoms with Crippen LogP contribution in [0.2, 0.25) is 0 Å². The molecule has 0 aliphatic carbocycles. The lowest BCUT2D eigenvalue weighted by molar-refractivity contribution is -0.134. The zero-order valence-electron chi connectivity index (χ0n) is 24.8. The van der Waals surface area contributed by atoms with E-state index in [1.807, 2.05) is 42.5 Å². The van der Waals surface area contributed by atoms with E-state index in [9.17, 15) is 9.59 Å². The van der Waals surface area contributed by atoms with Crippen LogP contribution in [0, 0.1) is 0 Å². The number of unbranched alkanes of at least 4 members (excludes halogenated alkanes) is 5. The number of aromatic nitrogens is 1. The summed E-state index contributed by atoms with van der Waals surface area (Å²) in [5.74, 6) is 2.14. The molecule has 0 saturated carbocycles. The maximum atomic E-state index is 11.8. The number of aryl methyl sites for hydroxylation is 1. The molecule has 0 amide bonds. The fourth-order valence-corrected chi connectivity index (χ4v) is 5.22. The molecule has 0 atom stereocenters. The molecular formula is C34H41NO6S. The van der Waals surface area contributed by atoms with Crippen molar-refractivity contribution in [3.8, 4) is 11.5 Å². The zero-order valence-corrected chi connectivity index (χ0v) is 25.6. The molecule has 0 spiro atoms. The van der Waals surface area contributed by atoms with E-state index in [0.29, 0.717) is 29.4 Å². The number of ether oxygens (including phenoxy) is 4. The average Bonchev–Trinajstić information content (AvgIpc) is 3.03. The number of esters is 2. The second-order valence-electron chi connectivity index (χ2n) is 9.80. The van der Waals surface area contributed by atoms with Crippen LogP contribution in [0.5, 0.6) is 11.5 Å². The van der Waals surface area contributed by atoms with E-state index in [0.717, 1.165) is 42.0 Å². The Bertz CT molecular complexity index is 1290. The number of nitrogens with zero attached hydrogens (tertiary/aromatic N) is 1. The summed E-state index contributed by atoms with van der Waals surface area (Å²) in [6.45, 7) is 0.594. The molecule has 1 heterocycles. The fraction of sp³-hybridized carbons (Fsp3) is 0.382. The van der Waals surface area contributed by atoms with Gasteiger partial charge >= 0.3 is 11.9 Å². The number of carbonyl (C=O) groups excluding carboxylic acids is 2. The molecule has 3 rings (SSSR count). The summed E-state index contributed by atoms with van der Waals surface area (Å²) in [7, 11) is 4.41. The Morgan fingerprint density at radius 3 is 2.31 bits per heavy atom. The largest absolute Gasteiger partial charge is 0.497 e. The van der Waals surface area contributed by atoms with Crippen LogP contribution in [0.15, 0.2) is 66.7 Å². The van der Waals surface area contributed by atoms with E-state index in [2.05, 4.69) is 12.1 Å². The number of carbonyl (C=O) groups is 2. The highest BCUT2D eigenvalue weighted by molar-refractivity contribution is 7.97. The van der Waals surface area contributed by atoms with Crippen LogP contribution in [-0.4, -0.2) is 44.9 Å². The van der Waals surface area contributed by atoms with E-state index in [4.69, 9.17) is 23.9 Å². The molecule has 42 heavy (non-hydrogen) atoms. The predicted octanol–water partition coefficient (Wildman–Crippen LogP) is 7.46. The van der Waals surface area contributed by atoms with Crippen LogP contribution >= 0.6 is 11.8 Å². The number of methoxy groups -OCH3 is 3. The number of thioether (sulfide) groups is 1. The summed E-state index contributed by atoms with van der Waals surface area (Å²) in [5, 5.41) is 0. The van der Waals surface area contributed by atoms with E-state index >= 15 is 0 Å². The van der Waals surface area contributed by atoms with Gasteiger partial charge in [-0.1, -0.05) is 49.9 Å². The normalized spacial score (nSPS) is 10.9. The van der Waals surface area contributed by atoms with Gasteiger partial charge in [-0.2, -0.15) is 11.8 Å². The molecule has 7 nitrogen and oxygen atoms in total. The van der Waals surface area contributed by atoms with Gasteiger partial charge in [-0.05, 0) is 72.9 Å². The maximum absolute atomic E-state index is 11.8. The van der Waals surface area contributed by atoms with Crippen LogP contribution in [-0.2, 0) is 32.2 Å². The molecule has 1 aromatic heterocycles. The highest BCUT2D eigenvalue weighted by atomic mass is 32.2. The van der Waals surface area contributed by atoms with Crippen molar-refractivity contribution < 1.29 is 28.5 Å². The monoisotopic (exact) mass is 591 g/mol. The minimum Gasteiger partial charge on any atom is -0.497 e. The van der Waals surface area contributed by atoms with Gasteiger partial charge in [0.2, 0.25) is 0 Å². The first-order valence-corrected chi connectivity index (χ1v) is 15.4. The Kier molecular flexibility index (Phi) is 14.5. The van der Waals surface area contributed by atoms with Gasteiger partial charge in [-0.3, -0.25) is 0 Å². The highest BCUT2D eigenvalue weighted by Gasteiger charge is 2.09. The Labute approximate surface area is 253 Å². The second kappa shape index (κ2) is 18.6. The van der Waals surface area contributed by atoms with Crippen molar-refractivity contribution >= 4 is 29.8 Å². The van der Waals surface area contributed by atoms with E-state index in [-0.39, 0.29) is 5.97 Å². The third-order valence-corrected chi connectivity index (χ3v) is 7.70. The molecule has 8 heteroatoms. The van der Waals surface area contributed by atoms with Crippen molar-refractivity contribution in [2.45, 2.75) is 56.5 Å². The summed E-state index contributed by atoms with van der Waals surface area (Å²) >= 11 is 1.69. The molecule has 0 aliphatic rings. The molecule has 2 aromatic carbocycles. The predicted molar refractivity (Wildman–Crippen MR) is 168 cm³/mol. The molecule has 3 aromatic rings. The number of benzene rings is 2. The van der Waals surface area contributed by atoms with E-state index in [1.54, 1.807) is 31.0 Å². The molecule has 0 unspecified atom stereocenters. The van der Waals surface area contributed by atoms with Gasteiger partial charge in [0.25, 0.3) is 0 Å². The van der Waals surface area contributed by atoms with Crippen molar-refractivity contribution in [3.63, 3.8) is 0 Å². The van der Waals surface area contributed by atoms with Crippen LogP contribution in [0.4, 0.5) is 0 Å². The van der Waals surface area contributed by atoms with Crippen LogP contribution in [0.25, 0.3) is 6.08 Å². The second-order valence-corrected chi connectivity index (χ2v) is 10.8. The van der Waals surface area contributed by atoms with Crippen molar-refractivity contribution in [1.82, 2.24) is 4.98 Å². The quantitative estimate of drug-likeness (QED) is 0.0856. The lowest BCUT2D eigenvalue weighted by Crippen LogP contribution is -2.02. The molecule has 0 aliphatic heterocycles. The minimum absolute atomic E-state index is 0.345. The van der Waals surface area contributed by atoms with Crippen molar-refractivity contribution in [1.29, 1.82) is 0 Å². The van der Waals surface area contributed by atoms with Crippen molar-refractivity contribution in [2.24, 2.45) is 0 Å². The summed E-state index contributed by atoms with van der Waals surface area (Å²) in [4.78, 5) is 28.2. The molecule has 0 radical (unpaired) electrons. The standard InChI is InChI=1S/C34H41NO6S/c1-38-30-17-14-26(15-18-30)11-8-6-4-5-7-9-22-41-32-20-16-29(35-31(32)19-21-33(36)39-2)25-42-24-27-12-10-13-28(23-27)34(37)40-3/h10,12-21,23H,4-9,11,22,24-25H2,1-3H3. The van der Waals surface area contributed by atoms with Gasteiger partial charge in [-0.15, -0.1) is 0 Å². The molecule has 0 bridgehead atoms. The van der Waals surface area contributed by atoms with Gasteiger partial charge in [0.1, 0.15) is 17.2 Å². The van der Waals surface area contributed by atoms with E-state index < -0.39 is 5.97 Å². The topological polar surface area (TPSA) is 84.0 Å². The summed E-state index contributed by atoms with van der Waals surface area (Å²) in [6.07, 6.45) is 11.0. The number of hydrogen-bond acceptors (Lipinski definition) is 8. The van der Waals surface area contributed by atoms with Crippen molar-refractivity contribution in [2.75, 3.05) is 27.9 Å². The molecular weight excluding hydrogens is 550 g/mol. The van der Waals surface area contributed by atoms with Crippen LogP contribution in [0.3, 0.4) is 0 Å². The highest BCUT2D eigenvalue weighted by Crippen LogP contribution is 2.24. The Morgan fingerprint density at radius 1 is 0.810 bits per heavy atom. The number of pyridine rings is 1. The smallest absolute Gasteiger partial charge is 0.337 e. The fourth-order valence-electron chi connectivity index (χ4n) is 4.33. The summed E-state index contributed by atoms with van der Waals surface area (Å²) in [6, 6.07) is 19.6. The first-order valence-electron chi connectivity index (χ1n) is 14.3. The Balaban J connectivity index is 1.42. The number of rotatable bonds is 18. The molecule has 224 valence electrons. The van der Waals surface area contributed by atoms with Gasteiger partial charge < -0.3 is 18.9 Å². The van der Waals surface area contributed by atoms with Crippen LogP contribution in [0.1, 0.15) is 71.4 Å². The lowest BCUT2D eigenvalue weighted by Gasteiger charge is -2.11. The molecule has 0 saturated heterocycles. The molecule has 0 fully saturated rings. The number of hydrogen-bond donors (Lipinski definition) is 0. The van der Waals surface area contributed by atoms with Gasteiger partial charge in [0.05, 0.1) is 39.2 Å². The first-order chi connectivity index (χ1) is 20.5. The van der Waals surface area contributed by atoms with Gasteiger partial charge in [-0.25, -0.2) is 14.6 Å². The SMILES string of the molecule is COC(=O)C=Cc1nc(CSCc2cccc(C(=O)OC)c2)ccc1OCCCCCCCCc1ccc(OC)cc1. The maximum Gasteiger partial charge on any atom is 0.337 e. The van der Waals surface area contributed by atoms with Crippen LogP contribution < -0.4 is 9.47 Å². The first kappa shape index (κ1) is 32.7. The Hall–Kier alpha value is -3.78. The van der Waals surface area contributed by atoms with Crippen molar-refractivity contribution in [3.05, 3.63) is 94.8 Å². The van der Waals surface area contributed by atoms with Gasteiger partial charge in [0.15, 0.2) is 0 Å². The third kappa shape index (κ3) is 11.6. The lowest BCUT2D eigenvalue weighted by atomic mass is 10.0. The zero-order chi connectivity index (χ0) is 30.0. The van der Waals surface area contributed by atoms with E-state index in [1.165, 1.54) is 51.5 Å². The minimum atomic E-state index is -0.444. The molecule has 0 N–H and O–H groups in total. The Morgan fingerprint density at radius 2 is 1.57 bits per heavy atom. The van der Waals surface area contributed by atoms with Gasteiger partial charge in [0, 0.05) is 17.6 Å². The third-order valence-electron chi connectivity index (χ3n) is 6.67. The summed E-state index contributed by atoms with van der Waals surface area (Å²) < 4.78 is 20.8. The average molecular weight is 592 g/mol.